The van der Waals surface area contributed by atoms with E-state index in [0.717, 1.165) is 84.2 Å². The fraction of sp³-hybridized carbons (Fsp3) is 0.900. The molecule has 0 saturated carbocycles. The van der Waals surface area contributed by atoms with Gasteiger partial charge in [0.2, 0.25) is 11.8 Å². The number of piperidine rings is 1. The van der Waals surface area contributed by atoms with Gasteiger partial charge in [-0.05, 0) is 51.4 Å². The number of nitrogens with zero attached hydrogens (tertiary/aromatic N) is 2. The molecule has 3 aliphatic rings. The standard InChI is InChI=1S/C20H34N2O3/c1-3-16(4-2)18(23)22-13-7-8-20(9-14-25-15-10-20)17(22)19(24)21-11-5-6-12-21/h16-17H,3-15H2,1-2H3. The van der Waals surface area contributed by atoms with Crippen molar-refractivity contribution in [3.63, 3.8) is 0 Å². The van der Waals surface area contributed by atoms with Crippen LogP contribution in [0, 0.1) is 11.3 Å². The topological polar surface area (TPSA) is 49.9 Å². The van der Waals surface area contributed by atoms with E-state index in [1.165, 1.54) is 0 Å². The molecule has 3 rings (SSSR count). The van der Waals surface area contributed by atoms with E-state index in [1.807, 2.05) is 9.80 Å². The van der Waals surface area contributed by atoms with Crippen molar-refractivity contribution in [1.29, 1.82) is 0 Å². The fourth-order valence-corrected chi connectivity index (χ4v) is 5.11. The van der Waals surface area contributed by atoms with Gasteiger partial charge in [0.05, 0.1) is 0 Å². The van der Waals surface area contributed by atoms with Gasteiger partial charge in [-0.25, -0.2) is 0 Å². The van der Waals surface area contributed by atoms with Gasteiger partial charge < -0.3 is 14.5 Å². The van der Waals surface area contributed by atoms with E-state index in [0.29, 0.717) is 0 Å². The van der Waals surface area contributed by atoms with E-state index in [-0.39, 0.29) is 29.2 Å². The summed E-state index contributed by atoms with van der Waals surface area (Å²) in [5.41, 5.74) is -0.0716. The Bertz CT molecular complexity index is 472. The second-order valence-electron chi connectivity index (χ2n) is 8.06. The van der Waals surface area contributed by atoms with Gasteiger partial charge in [0.25, 0.3) is 0 Å². The molecule has 3 heterocycles. The molecular weight excluding hydrogens is 316 g/mol. The lowest BCUT2D eigenvalue weighted by Crippen LogP contribution is -2.63. The van der Waals surface area contributed by atoms with Crippen LogP contribution in [0.3, 0.4) is 0 Å². The van der Waals surface area contributed by atoms with Crippen LogP contribution in [0.5, 0.6) is 0 Å². The Labute approximate surface area is 152 Å². The molecule has 1 unspecified atom stereocenters. The zero-order valence-corrected chi connectivity index (χ0v) is 16.0. The third kappa shape index (κ3) is 3.57. The maximum absolute atomic E-state index is 13.5. The predicted octanol–water partition coefficient (Wildman–Crippen LogP) is 2.83. The minimum absolute atomic E-state index is 0.0452. The lowest BCUT2D eigenvalue weighted by Gasteiger charge is -2.52. The van der Waals surface area contributed by atoms with Gasteiger partial charge in [-0.3, -0.25) is 9.59 Å². The van der Waals surface area contributed by atoms with Gasteiger partial charge in [-0.1, -0.05) is 13.8 Å². The lowest BCUT2D eigenvalue weighted by molar-refractivity contribution is -0.163. The molecule has 0 aromatic carbocycles. The molecule has 25 heavy (non-hydrogen) atoms. The molecule has 3 aliphatic heterocycles. The lowest BCUT2D eigenvalue weighted by atomic mass is 9.67. The molecule has 0 aromatic heterocycles. The largest absolute Gasteiger partial charge is 0.381 e. The second-order valence-corrected chi connectivity index (χ2v) is 8.06. The van der Waals surface area contributed by atoms with Gasteiger partial charge in [-0.2, -0.15) is 0 Å². The Morgan fingerprint density at radius 1 is 1.00 bits per heavy atom. The van der Waals surface area contributed by atoms with Crippen LogP contribution in [0.1, 0.15) is 65.2 Å². The summed E-state index contributed by atoms with van der Waals surface area (Å²) in [5, 5.41) is 0. The minimum Gasteiger partial charge on any atom is -0.381 e. The predicted molar refractivity (Wildman–Crippen MR) is 97.1 cm³/mol. The van der Waals surface area contributed by atoms with Crippen molar-refractivity contribution >= 4 is 11.8 Å². The molecular formula is C20H34N2O3. The molecule has 1 spiro atoms. The minimum atomic E-state index is -0.267. The van der Waals surface area contributed by atoms with Gasteiger partial charge >= 0.3 is 0 Å². The highest BCUT2D eigenvalue weighted by Crippen LogP contribution is 2.45. The Balaban J connectivity index is 1.91. The molecule has 3 saturated heterocycles. The molecule has 1 atom stereocenters. The van der Waals surface area contributed by atoms with E-state index in [2.05, 4.69) is 13.8 Å². The average Bonchev–Trinajstić information content (AvgIpc) is 3.17. The maximum Gasteiger partial charge on any atom is 0.245 e. The van der Waals surface area contributed by atoms with Crippen LogP contribution in [0.15, 0.2) is 0 Å². The zero-order chi connectivity index (χ0) is 17.9. The average molecular weight is 351 g/mol. The summed E-state index contributed by atoms with van der Waals surface area (Å²) >= 11 is 0. The SMILES string of the molecule is CCC(CC)C(=O)N1CCCC2(CCOCC2)C1C(=O)N1CCCC1. The van der Waals surface area contributed by atoms with Crippen molar-refractivity contribution < 1.29 is 14.3 Å². The molecule has 0 bridgehead atoms. The summed E-state index contributed by atoms with van der Waals surface area (Å²) in [6, 6.07) is -0.267. The van der Waals surface area contributed by atoms with Crippen molar-refractivity contribution in [2.45, 2.75) is 71.3 Å². The highest BCUT2D eigenvalue weighted by Gasteiger charge is 2.52. The fourth-order valence-electron chi connectivity index (χ4n) is 5.11. The van der Waals surface area contributed by atoms with Gasteiger partial charge in [0.15, 0.2) is 0 Å². The molecule has 142 valence electrons. The monoisotopic (exact) mass is 350 g/mol. The van der Waals surface area contributed by atoms with Crippen LogP contribution >= 0.6 is 0 Å². The molecule has 0 radical (unpaired) electrons. The zero-order valence-electron chi connectivity index (χ0n) is 16.0. The summed E-state index contributed by atoms with van der Waals surface area (Å²) in [4.78, 5) is 30.7. The summed E-state index contributed by atoms with van der Waals surface area (Å²) in [6.07, 6.45) is 7.76. The second kappa shape index (κ2) is 8.07. The van der Waals surface area contributed by atoms with Crippen molar-refractivity contribution in [2.24, 2.45) is 11.3 Å². The Morgan fingerprint density at radius 3 is 2.24 bits per heavy atom. The van der Waals surface area contributed by atoms with E-state index < -0.39 is 0 Å². The Morgan fingerprint density at radius 2 is 1.64 bits per heavy atom. The summed E-state index contributed by atoms with van der Waals surface area (Å²) in [7, 11) is 0. The third-order valence-corrected chi connectivity index (χ3v) is 6.72. The Hall–Kier alpha value is -1.10. The van der Waals surface area contributed by atoms with Crippen LogP contribution in [0.25, 0.3) is 0 Å². The maximum atomic E-state index is 13.5. The molecule has 5 heteroatoms. The van der Waals surface area contributed by atoms with Crippen molar-refractivity contribution in [1.82, 2.24) is 9.80 Å². The quantitative estimate of drug-likeness (QED) is 0.783. The van der Waals surface area contributed by atoms with Gasteiger partial charge in [0.1, 0.15) is 6.04 Å². The van der Waals surface area contributed by atoms with Crippen molar-refractivity contribution in [2.75, 3.05) is 32.8 Å². The first-order valence-electron chi connectivity index (χ1n) is 10.3. The number of likely N-dealkylation sites (tertiary alicyclic amines) is 2. The summed E-state index contributed by atoms with van der Waals surface area (Å²) in [5.74, 6) is 0.454. The van der Waals surface area contributed by atoms with Crippen LogP contribution in [-0.2, 0) is 14.3 Å². The highest BCUT2D eigenvalue weighted by molar-refractivity contribution is 5.89. The number of ether oxygens (including phenoxy) is 1. The Kier molecular flexibility index (Phi) is 6.03. The molecule has 0 N–H and O–H groups in total. The molecule has 3 fully saturated rings. The number of hydrogen-bond acceptors (Lipinski definition) is 3. The highest BCUT2D eigenvalue weighted by atomic mass is 16.5. The first kappa shape index (κ1) is 18.7. The first-order chi connectivity index (χ1) is 12.1. The van der Waals surface area contributed by atoms with Crippen molar-refractivity contribution in [3.05, 3.63) is 0 Å². The number of rotatable bonds is 4. The van der Waals surface area contributed by atoms with Crippen LogP contribution in [0.2, 0.25) is 0 Å². The van der Waals surface area contributed by atoms with Gasteiger partial charge in [0, 0.05) is 44.2 Å². The smallest absolute Gasteiger partial charge is 0.245 e. The summed E-state index contributed by atoms with van der Waals surface area (Å²) < 4.78 is 5.61. The number of carbonyl (C=O) groups excluding carboxylic acids is 2. The van der Waals surface area contributed by atoms with Gasteiger partial charge in [-0.15, -0.1) is 0 Å². The molecule has 0 aromatic rings. The normalized spacial score (nSPS) is 26.4. The van der Waals surface area contributed by atoms with Crippen LogP contribution in [-0.4, -0.2) is 60.5 Å². The van der Waals surface area contributed by atoms with E-state index >= 15 is 0 Å². The molecule has 2 amide bonds. The van der Waals surface area contributed by atoms with Crippen LogP contribution < -0.4 is 0 Å². The molecule has 0 aliphatic carbocycles. The van der Waals surface area contributed by atoms with Crippen LogP contribution in [0.4, 0.5) is 0 Å². The first-order valence-corrected chi connectivity index (χ1v) is 10.3. The number of hydrogen-bond donors (Lipinski definition) is 0. The van der Waals surface area contributed by atoms with E-state index in [9.17, 15) is 9.59 Å². The van der Waals surface area contributed by atoms with E-state index in [1.54, 1.807) is 0 Å². The summed E-state index contributed by atoms with van der Waals surface area (Å²) in [6.45, 7) is 8.05. The van der Waals surface area contributed by atoms with Crippen molar-refractivity contribution in [3.8, 4) is 0 Å². The number of carbonyl (C=O) groups is 2. The third-order valence-electron chi connectivity index (χ3n) is 6.72. The van der Waals surface area contributed by atoms with E-state index in [4.69, 9.17) is 4.74 Å². The number of amides is 2. The molecule has 5 nitrogen and oxygen atoms in total.